The van der Waals surface area contributed by atoms with Gasteiger partial charge in [0, 0.05) is 11.6 Å². The highest BCUT2D eigenvalue weighted by Crippen LogP contribution is 2.18. The van der Waals surface area contributed by atoms with Crippen LogP contribution in [0.5, 0.6) is 5.75 Å². The first-order chi connectivity index (χ1) is 10.6. The zero-order chi connectivity index (χ0) is 15.9. The molecule has 0 saturated carbocycles. The average Bonchev–Trinajstić information content (AvgIpc) is 2.53. The van der Waals surface area contributed by atoms with Crippen molar-refractivity contribution in [3.05, 3.63) is 65.2 Å². The molecule has 2 aromatic carbocycles. The molecular formula is C18H20ClNO2. The molecule has 4 heteroatoms. The number of nitrogens with one attached hydrogen (secondary N) is 1. The second-order valence-corrected chi connectivity index (χ2v) is 5.71. The molecule has 0 aliphatic carbocycles. The van der Waals surface area contributed by atoms with E-state index in [2.05, 4.69) is 24.4 Å². The highest BCUT2D eigenvalue weighted by Gasteiger charge is 2.15. The molecule has 0 radical (unpaired) electrons. The summed E-state index contributed by atoms with van der Waals surface area (Å²) < 4.78 is 5.60. The van der Waals surface area contributed by atoms with Crippen LogP contribution in [0.4, 0.5) is 0 Å². The highest BCUT2D eigenvalue weighted by atomic mass is 35.5. The molecule has 0 unspecified atom stereocenters. The summed E-state index contributed by atoms with van der Waals surface area (Å²) in [6.07, 6.45) is -0.568. The largest absolute Gasteiger partial charge is 0.481 e. The Balaban J connectivity index is 1.84. The SMILES string of the molecule is C[C@@H](Oc1cccc(Cl)c1)C(=O)NC[C@H](C)c1ccccc1. The quantitative estimate of drug-likeness (QED) is 0.873. The summed E-state index contributed by atoms with van der Waals surface area (Å²) in [6, 6.07) is 17.1. The van der Waals surface area contributed by atoms with E-state index in [0.29, 0.717) is 17.3 Å². The van der Waals surface area contributed by atoms with Crippen LogP contribution in [0, 0.1) is 0 Å². The molecule has 22 heavy (non-hydrogen) atoms. The van der Waals surface area contributed by atoms with Gasteiger partial charge < -0.3 is 10.1 Å². The number of halogens is 1. The lowest BCUT2D eigenvalue weighted by atomic mass is 10.0. The van der Waals surface area contributed by atoms with E-state index in [9.17, 15) is 4.79 Å². The molecule has 0 aliphatic rings. The second kappa shape index (κ2) is 7.85. The third kappa shape index (κ3) is 4.78. The van der Waals surface area contributed by atoms with E-state index < -0.39 is 6.10 Å². The van der Waals surface area contributed by atoms with Gasteiger partial charge in [0.1, 0.15) is 5.75 Å². The first-order valence-electron chi connectivity index (χ1n) is 7.31. The van der Waals surface area contributed by atoms with Crippen LogP contribution in [-0.2, 0) is 4.79 Å². The van der Waals surface area contributed by atoms with E-state index in [-0.39, 0.29) is 11.8 Å². The van der Waals surface area contributed by atoms with Crippen LogP contribution in [0.3, 0.4) is 0 Å². The minimum absolute atomic E-state index is 0.136. The van der Waals surface area contributed by atoms with Gasteiger partial charge in [0.05, 0.1) is 0 Å². The Bertz CT molecular complexity index is 615. The minimum Gasteiger partial charge on any atom is -0.481 e. The fourth-order valence-corrected chi connectivity index (χ4v) is 2.28. The molecule has 0 spiro atoms. The standard InChI is InChI=1S/C18H20ClNO2/c1-13(15-7-4-3-5-8-15)12-20-18(21)14(2)22-17-10-6-9-16(19)11-17/h3-11,13-14H,12H2,1-2H3,(H,20,21)/t13-,14+/m0/s1. The predicted molar refractivity (Wildman–Crippen MR) is 89.4 cm³/mol. The summed E-state index contributed by atoms with van der Waals surface area (Å²) in [7, 11) is 0. The molecule has 0 aromatic heterocycles. The Morgan fingerprint density at radius 3 is 2.55 bits per heavy atom. The van der Waals surface area contributed by atoms with Crippen molar-refractivity contribution < 1.29 is 9.53 Å². The van der Waals surface area contributed by atoms with Gasteiger partial charge in [-0.2, -0.15) is 0 Å². The maximum Gasteiger partial charge on any atom is 0.260 e. The Hall–Kier alpha value is -2.00. The van der Waals surface area contributed by atoms with Gasteiger partial charge in [-0.3, -0.25) is 4.79 Å². The fourth-order valence-electron chi connectivity index (χ4n) is 2.09. The van der Waals surface area contributed by atoms with Crippen molar-refractivity contribution >= 4 is 17.5 Å². The van der Waals surface area contributed by atoms with Crippen LogP contribution < -0.4 is 10.1 Å². The summed E-state index contributed by atoms with van der Waals surface area (Å²) in [5.41, 5.74) is 1.20. The smallest absolute Gasteiger partial charge is 0.260 e. The van der Waals surface area contributed by atoms with Crippen molar-refractivity contribution in [1.29, 1.82) is 0 Å². The van der Waals surface area contributed by atoms with Gasteiger partial charge in [0.2, 0.25) is 0 Å². The Kier molecular flexibility index (Phi) is 5.84. The summed E-state index contributed by atoms with van der Waals surface area (Å²) in [5, 5.41) is 3.50. The molecule has 1 N–H and O–H groups in total. The van der Waals surface area contributed by atoms with Crippen molar-refractivity contribution in [2.45, 2.75) is 25.9 Å². The number of carbonyl (C=O) groups is 1. The Morgan fingerprint density at radius 2 is 1.86 bits per heavy atom. The monoisotopic (exact) mass is 317 g/mol. The van der Waals surface area contributed by atoms with Gasteiger partial charge >= 0.3 is 0 Å². The number of hydrogen-bond donors (Lipinski definition) is 1. The molecule has 1 amide bonds. The number of carbonyl (C=O) groups excluding carboxylic acids is 1. The van der Waals surface area contributed by atoms with Crippen LogP contribution in [0.15, 0.2) is 54.6 Å². The number of amides is 1. The summed E-state index contributed by atoms with van der Waals surface area (Å²) in [5.74, 6) is 0.706. The van der Waals surface area contributed by atoms with E-state index in [1.807, 2.05) is 18.2 Å². The van der Waals surface area contributed by atoms with E-state index in [4.69, 9.17) is 16.3 Å². The van der Waals surface area contributed by atoms with Gasteiger partial charge in [-0.05, 0) is 36.6 Å². The third-order valence-corrected chi connectivity index (χ3v) is 3.66. The Labute approximate surface area is 136 Å². The molecular weight excluding hydrogens is 298 g/mol. The molecule has 116 valence electrons. The zero-order valence-electron chi connectivity index (χ0n) is 12.8. The molecule has 0 heterocycles. The average molecular weight is 318 g/mol. The summed E-state index contributed by atoms with van der Waals surface area (Å²) >= 11 is 5.90. The lowest BCUT2D eigenvalue weighted by molar-refractivity contribution is -0.127. The topological polar surface area (TPSA) is 38.3 Å². The molecule has 2 rings (SSSR count). The molecule has 0 bridgehead atoms. The van der Waals surface area contributed by atoms with Crippen molar-refractivity contribution in [2.24, 2.45) is 0 Å². The van der Waals surface area contributed by atoms with Gasteiger partial charge in [0.25, 0.3) is 5.91 Å². The van der Waals surface area contributed by atoms with Crippen LogP contribution in [0.2, 0.25) is 5.02 Å². The number of benzene rings is 2. The van der Waals surface area contributed by atoms with Crippen LogP contribution >= 0.6 is 11.6 Å². The van der Waals surface area contributed by atoms with E-state index in [0.717, 1.165) is 0 Å². The number of rotatable bonds is 6. The lowest BCUT2D eigenvalue weighted by Crippen LogP contribution is -2.38. The van der Waals surface area contributed by atoms with Crippen LogP contribution in [-0.4, -0.2) is 18.6 Å². The third-order valence-electron chi connectivity index (χ3n) is 3.43. The molecule has 3 nitrogen and oxygen atoms in total. The van der Waals surface area contributed by atoms with E-state index >= 15 is 0 Å². The summed E-state index contributed by atoms with van der Waals surface area (Å²) in [4.78, 5) is 12.1. The van der Waals surface area contributed by atoms with E-state index in [1.54, 1.807) is 31.2 Å². The first-order valence-corrected chi connectivity index (χ1v) is 7.69. The maximum atomic E-state index is 12.1. The molecule has 2 atom stereocenters. The summed E-state index contributed by atoms with van der Waals surface area (Å²) in [6.45, 7) is 4.38. The first kappa shape index (κ1) is 16.4. The van der Waals surface area contributed by atoms with E-state index in [1.165, 1.54) is 5.56 Å². The zero-order valence-corrected chi connectivity index (χ0v) is 13.5. The van der Waals surface area contributed by atoms with Crippen molar-refractivity contribution in [1.82, 2.24) is 5.32 Å². The maximum absolute atomic E-state index is 12.1. The number of ether oxygens (including phenoxy) is 1. The highest BCUT2D eigenvalue weighted by molar-refractivity contribution is 6.30. The fraction of sp³-hybridized carbons (Fsp3) is 0.278. The number of hydrogen-bond acceptors (Lipinski definition) is 2. The van der Waals surface area contributed by atoms with Crippen LogP contribution in [0.1, 0.15) is 25.3 Å². The predicted octanol–water partition coefficient (Wildman–Crippen LogP) is 4.03. The lowest BCUT2D eigenvalue weighted by Gasteiger charge is -2.17. The van der Waals surface area contributed by atoms with Gasteiger partial charge in [-0.1, -0.05) is 54.9 Å². The Morgan fingerprint density at radius 1 is 1.14 bits per heavy atom. The normalized spacial score (nSPS) is 13.2. The van der Waals surface area contributed by atoms with Crippen LogP contribution in [0.25, 0.3) is 0 Å². The van der Waals surface area contributed by atoms with Crippen molar-refractivity contribution in [3.63, 3.8) is 0 Å². The minimum atomic E-state index is -0.568. The van der Waals surface area contributed by atoms with Crippen molar-refractivity contribution in [3.8, 4) is 5.75 Å². The van der Waals surface area contributed by atoms with Crippen molar-refractivity contribution in [2.75, 3.05) is 6.54 Å². The molecule has 0 saturated heterocycles. The molecule has 0 fully saturated rings. The van der Waals surface area contributed by atoms with Gasteiger partial charge in [0.15, 0.2) is 6.10 Å². The molecule has 2 aromatic rings. The molecule has 0 aliphatic heterocycles. The second-order valence-electron chi connectivity index (χ2n) is 5.27. The van der Waals surface area contributed by atoms with Gasteiger partial charge in [-0.15, -0.1) is 0 Å². The van der Waals surface area contributed by atoms with Gasteiger partial charge in [-0.25, -0.2) is 0 Å².